The van der Waals surface area contributed by atoms with Crippen molar-refractivity contribution < 1.29 is 9.59 Å². The highest BCUT2D eigenvalue weighted by molar-refractivity contribution is 6.34. The van der Waals surface area contributed by atoms with Crippen molar-refractivity contribution in [3.05, 3.63) is 88.1 Å². The summed E-state index contributed by atoms with van der Waals surface area (Å²) in [6.45, 7) is 0. The first-order chi connectivity index (χ1) is 12.6. The molecule has 0 aliphatic carbocycles. The summed E-state index contributed by atoms with van der Waals surface area (Å²) in [7, 11) is 0. The van der Waals surface area contributed by atoms with E-state index in [1.807, 2.05) is 12.1 Å². The number of fused-ring (bicyclic) bond motifs is 3. The van der Waals surface area contributed by atoms with Gasteiger partial charge in [0.15, 0.2) is 5.43 Å². The lowest BCUT2D eigenvalue weighted by Gasteiger charge is -2.14. The highest BCUT2D eigenvalue weighted by atomic mass is 16.2. The summed E-state index contributed by atoms with van der Waals surface area (Å²) in [6, 6.07) is 19.0. The molecule has 2 heterocycles. The molecule has 0 saturated carbocycles. The zero-order valence-electron chi connectivity index (χ0n) is 13.5. The van der Waals surface area contributed by atoms with Gasteiger partial charge >= 0.3 is 0 Å². The third kappa shape index (κ3) is 1.88. The number of rotatable bonds is 1. The third-order valence-corrected chi connectivity index (χ3v) is 4.74. The van der Waals surface area contributed by atoms with E-state index >= 15 is 0 Å². The largest absolute Gasteiger partial charge is 0.354 e. The van der Waals surface area contributed by atoms with Crippen LogP contribution in [0, 0.1) is 0 Å². The van der Waals surface area contributed by atoms with Gasteiger partial charge in [0.05, 0.1) is 16.8 Å². The maximum atomic E-state index is 12.8. The number of carbonyl (C=O) groups is 2. The molecule has 0 saturated heterocycles. The van der Waals surface area contributed by atoms with Crippen molar-refractivity contribution in [3.8, 4) is 0 Å². The summed E-state index contributed by atoms with van der Waals surface area (Å²) in [5.74, 6) is -0.746. The molecule has 124 valence electrons. The van der Waals surface area contributed by atoms with Crippen LogP contribution in [0.3, 0.4) is 0 Å². The van der Waals surface area contributed by atoms with Gasteiger partial charge in [-0.05, 0) is 42.5 Å². The van der Waals surface area contributed by atoms with E-state index in [9.17, 15) is 14.4 Å². The molecule has 4 aromatic rings. The molecule has 1 aromatic heterocycles. The highest BCUT2D eigenvalue weighted by Gasteiger charge is 2.36. The lowest BCUT2D eigenvalue weighted by Crippen LogP contribution is -2.29. The minimum absolute atomic E-state index is 0.132. The van der Waals surface area contributed by atoms with Crippen molar-refractivity contribution in [1.29, 1.82) is 0 Å². The van der Waals surface area contributed by atoms with Crippen LogP contribution in [-0.2, 0) is 0 Å². The SMILES string of the molecule is O=C1c2ccccc2C(=O)N1c1ccc2[nH]c3ccccc3c(=O)c2c1. The summed E-state index contributed by atoms with van der Waals surface area (Å²) < 4.78 is 0. The van der Waals surface area contributed by atoms with Gasteiger partial charge in [-0.3, -0.25) is 14.4 Å². The number of hydrogen-bond acceptors (Lipinski definition) is 3. The number of amides is 2. The quantitative estimate of drug-likeness (QED) is 0.426. The molecule has 0 radical (unpaired) electrons. The van der Waals surface area contributed by atoms with Crippen molar-refractivity contribution in [1.82, 2.24) is 4.98 Å². The van der Waals surface area contributed by atoms with Crippen LogP contribution >= 0.6 is 0 Å². The summed E-state index contributed by atoms with van der Waals surface area (Å²) >= 11 is 0. The van der Waals surface area contributed by atoms with Crippen LogP contribution in [0.2, 0.25) is 0 Å². The molecule has 1 aliphatic rings. The van der Waals surface area contributed by atoms with Gasteiger partial charge in [-0.15, -0.1) is 0 Å². The number of imide groups is 1. The van der Waals surface area contributed by atoms with Gasteiger partial charge < -0.3 is 4.98 Å². The summed E-state index contributed by atoms with van der Waals surface area (Å²) in [5, 5.41) is 1.01. The van der Waals surface area contributed by atoms with Crippen molar-refractivity contribution in [2.75, 3.05) is 4.90 Å². The lowest BCUT2D eigenvalue weighted by atomic mass is 10.1. The number of carbonyl (C=O) groups excluding carboxylic acids is 2. The van der Waals surface area contributed by atoms with E-state index in [1.54, 1.807) is 54.6 Å². The van der Waals surface area contributed by atoms with E-state index in [4.69, 9.17) is 0 Å². The van der Waals surface area contributed by atoms with Gasteiger partial charge in [0.1, 0.15) is 0 Å². The minimum atomic E-state index is -0.373. The van der Waals surface area contributed by atoms with Crippen LogP contribution in [0.1, 0.15) is 20.7 Å². The second-order valence-electron chi connectivity index (χ2n) is 6.22. The van der Waals surface area contributed by atoms with Crippen LogP contribution in [0.5, 0.6) is 0 Å². The number of pyridine rings is 1. The fourth-order valence-corrected chi connectivity index (χ4v) is 3.47. The fraction of sp³-hybridized carbons (Fsp3) is 0. The number of H-pyrrole nitrogens is 1. The van der Waals surface area contributed by atoms with Gasteiger partial charge in [0, 0.05) is 21.8 Å². The molecule has 0 unspecified atom stereocenters. The lowest BCUT2D eigenvalue weighted by molar-refractivity contribution is 0.0926. The monoisotopic (exact) mass is 340 g/mol. The molecule has 2 amide bonds. The van der Waals surface area contributed by atoms with Crippen LogP contribution in [0.4, 0.5) is 5.69 Å². The molecule has 5 heteroatoms. The average Bonchev–Trinajstić information content (AvgIpc) is 2.93. The van der Waals surface area contributed by atoms with Gasteiger partial charge in [0.2, 0.25) is 0 Å². The van der Waals surface area contributed by atoms with E-state index in [0.717, 1.165) is 10.4 Å². The maximum absolute atomic E-state index is 12.8. The smallest absolute Gasteiger partial charge is 0.266 e. The Hall–Kier alpha value is -3.73. The normalized spacial score (nSPS) is 13.6. The van der Waals surface area contributed by atoms with Gasteiger partial charge in [-0.2, -0.15) is 0 Å². The Morgan fingerprint density at radius 3 is 2.00 bits per heavy atom. The van der Waals surface area contributed by atoms with Crippen molar-refractivity contribution >= 4 is 39.3 Å². The van der Waals surface area contributed by atoms with Crippen molar-refractivity contribution in [2.24, 2.45) is 0 Å². The van der Waals surface area contributed by atoms with Crippen LogP contribution in [0.15, 0.2) is 71.5 Å². The number of nitrogens with zero attached hydrogens (tertiary/aromatic N) is 1. The predicted octanol–water partition coefficient (Wildman–Crippen LogP) is 3.48. The molecule has 5 rings (SSSR count). The summed E-state index contributed by atoms with van der Waals surface area (Å²) in [6.07, 6.45) is 0. The zero-order chi connectivity index (χ0) is 17.8. The second kappa shape index (κ2) is 5.13. The molecule has 26 heavy (non-hydrogen) atoms. The number of hydrogen-bond donors (Lipinski definition) is 1. The van der Waals surface area contributed by atoms with E-state index < -0.39 is 0 Å². The number of nitrogens with one attached hydrogen (secondary N) is 1. The van der Waals surface area contributed by atoms with Crippen LogP contribution in [0.25, 0.3) is 21.8 Å². The Kier molecular flexibility index (Phi) is 2.88. The Morgan fingerprint density at radius 2 is 1.27 bits per heavy atom. The molecule has 3 aromatic carbocycles. The third-order valence-electron chi connectivity index (χ3n) is 4.74. The Labute approximate surface area is 147 Å². The van der Waals surface area contributed by atoms with Gasteiger partial charge in [-0.1, -0.05) is 24.3 Å². The molecule has 1 aliphatic heterocycles. The van der Waals surface area contributed by atoms with Crippen LogP contribution < -0.4 is 10.3 Å². The molecule has 1 N–H and O–H groups in total. The average molecular weight is 340 g/mol. The van der Waals surface area contributed by atoms with Crippen molar-refractivity contribution in [2.45, 2.75) is 0 Å². The van der Waals surface area contributed by atoms with E-state index in [1.165, 1.54) is 0 Å². The van der Waals surface area contributed by atoms with Gasteiger partial charge in [0.25, 0.3) is 11.8 Å². The Bertz CT molecular complexity index is 1270. The molecular formula is C21H12N2O3. The fourth-order valence-electron chi connectivity index (χ4n) is 3.47. The van der Waals surface area contributed by atoms with Gasteiger partial charge in [-0.25, -0.2) is 4.90 Å². The zero-order valence-corrected chi connectivity index (χ0v) is 13.5. The van der Waals surface area contributed by atoms with Crippen LogP contribution in [-0.4, -0.2) is 16.8 Å². The Balaban J connectivity index is 1.73. The van der Waals surface area contributed by atoms with Crippen molar-refractivity contribution in [3.63, 3.8) is 0 Å². The first-order valence-electron chi connectivity index (χ1n) is 8.18. The number of anilines is 1. The molecule has 0 fully saturated rings. The molecule has 5 nitrogen and oxygen atoms in total. The van der Waals surface area contributed by atoms with E-state index in [-0.39, 0.29) is 17.2 Å². The number of benzene rings is 3. The number of aromatic amines is 1. The predicted molar refractivity (Wildman–Crippen MR) is 99.7 cm³/mol. The molecule has 0 bridgehead atoms. The second-order valence-corrected chi connectivity index (χ2v) is 6.22. The first kappa shape index (κ1) is 14.6. The maximum Gasteiger partial charge on any atom is 0.266 e. The van der Waals surface area contributed by atoms with E-state index in [2.05, 4.69) is 4.98 Å². The molecule has 0 atom stereocenters. The minimum Gasteiger partial charge on any atom is -0.354 e. The van der Waals surface area contributed by atoms with E-state index in [0.29, 0.717) is 33.1 Å². The molecule has 0 spiro atoms. The molecular weight excluding hydrogens is 328 g/mol. The summed E-state index contributed by atoms with van der Waals surface area (Å²) in [5.41, 5.74) is 2.43. The topological polar surface area (TPSA) is 70.2 Å². The number of para-hydroxylation sites is 1. The first-order valence-corrected chi connectivity index (χ1v) is 8.18. The summed E-state index contributed by atoms with van der Waals surface area (Å²) in [4.78, 5) is 42.5. The number of aromatic nitrogens is 1. The Morgan fingerprint density at radius 1 is 0.654 bits per heavy atom. The standard InChI is InChI=1S/C21H12N2O3/c24-19-15-7-3-4-8-17(15)22-18-10-9-12(11-16(18)19)23-20(25)13-5-1-2-6-14(13)21(23)26/h1-11H,(H,22,24). The highest BCUT2D eigenvalue weighted by Crippen LogP contribution is 2.29.